The molecule has 0 saturated heterocycles. The van der Waals surface area contributed by atoms with Gasteiger partial charge in [-0.05, 0) is 32.0 Å². The van der Waals surface area contributed by atoms with E-state index >= 15 is 0 Å². The van der Waals surface area contributed by atoms with Crippen LogP contribution in [0, 0.1) is 18.6 Å². The molecule has 1 N–H and O–H groups in total. The second-order valence-corrected chi connectivity index (χ2v) is 6.24. The zero-order chi connectivity index (χ0) is 19.0. The smallest absolute Gasteiger partial charge is 0.340 e. The van der Waals surface area contributed by atoms with Gasteiger partial charge >= 0.3 is 5.97 Å². The van der Waals surface area contributed by atoms with E-state index in [0.29, 0.717) is 28.8 Å². The normalized spacial score (nSPS) is 12.2. The van der Waals surface area contributed by atoms with Crippen molar-refractivity contribution in [2.75, 3.05) is 0 Å². The summed E-state index contributed by atoms with van der Waals surface area (Å²) in [6.07, 6.45) is -1.13. The van der Waals surface area contributed by atoms with E-state index in [1.165, 1.54) is 6.92 Å². The van der Waals surface area contributed by atoms with E-state index in [-0.39, 0.29) is 10.6 Å². The Labute approximate surface area is 152 Å². The highest BCUT2D eigenvalue weighted by molar-refractivity contribution is 6.33. The van der Waals surface area contributed by atoms with Gasteiger partial charge in [0, 0.05) is 22.2 Å². The van der Waals surface area contributed by atoms with Crippen molar-refractivity contribution in [3.8, 4) is 0 Å². The predicted molar refractivity (Wildman–Crippen MR) is 93.6 cm³/mol. The fraction of sp³-hybridized carbons (Fsp3) is 0.158. The molecule has 2 aromatic carbocycles. The molecular formula is C19H14ClF2NO3. The lowest BCUT2D eigenvalue weighted by atomic mass is 10.0. The van der Waals surface area contributed by atoms with Crippen LogP contribution in [0.15, 0.2) is 36.4 Å². The summed E-state index contributed by atoms with van der Waals surface area (Å²) < 4.78 is 31.6. The number of esters is 1. The minimum atomic E-state index is -1.23. The van der Waals surface area contributed by atoms with Crippen molar-refractivity contribution in [1.29, 1.82) is 0 Å². The standard InChI is InChI=1S/C19H14ClF2NO3/c1-9-17(11-5-3-4-6-16(11)23-9)18(24)10(2)26-19(25)12-7-14(21)15(22)8-13(12)20/h3-8,10,23H,1-2H3/t10-/m0/s1. The zero-order valence-corrected chi connectivity index (χ0v) is 14.7. The van der Waals surface area contributed by atoms with Crippen LogP contribution in [0.2, 0.25) is 5.02 Å². The number of halogens is 3. The Morgan fingerprint density at radius 1 is 1.15 bits per heavy atom. The first kappa shape index (κ1) is 18.1. The lowest BCUT2D eigenvalue weighted by Crippen LogP contribution is -2.25. The van der Waals surface area contributed by atoms with Gasteiger partial charge in [-0.2, -0.15) is 0 Å². The average molecular weight is 378 g/mol. The Kier molecular flexibility index (Phi) is 4.78. The van der Waals surface area contributed by atoms with Crippen molar-refractivity contribution in [3.63, 3.8) is 0 Å². The van der Waals surface area contributed by atoms with Crippen LogP contribution in [0.3, 0.4) is 0 Å². The molecule has 0 spiro atoms. The van der Waals surface area contributed by atoms with Gasteiger partial charge in [0.05, 0.1) is 10.6 Å². The van der Waals surface area contributed by atoms with Crippen LogP contribution >= 0.6 is 11.6 Å². The van der Waals surface area contributed by atoms with Gasteiger partial charge in [-0.25, -0.2) is 13.6 Å². The van der Waals surface area contributed by atoms with Crippen LogP contribution in [0.5, 0.6) is 0 Å². The number of aromatic nitrogens is 1. The summed E-state index contributed by atoms with van der Waals surface area (Å²) in [5.41, 5.74) is 1.50. The third kappa shape index (κ3) is 3.20. The van der Waals surface area contributed by atoms with Gasteiger partial charge in [0.15, 0.2) is 17.7 Å². The Hall–Kier alpha value is -2.73. The zero-order valence-electron chi connectivity index (χ0n) is 13.9. The maximum Gasteiger partial charge on any atom is 0.340 e. The van der Waals surface area contributed by atoms with Crippen molar-refractivity contribution in [3.05, 3.63) is 69.9 Å². The molecule has 4 nitrogen and oxygen atoms in total. The molecule has 1 aromatic heterocycles. The number of H-pyrrole nitrogens is 1. The molecule has 134 valence electrons. The van der Waals surface area contributed by atoms with Crippen molar-refractivity contribution in [1.82, 2.24) is 4.98 Å². The van der Waals surface area contributed by atoms with E-state index in [1.54, 1.807) is 19.1 Å². The number of aromatic amines is 1. The largest absolute Gasteiger partial charge is 0.451 e. The first-order valence-corrected chi connectivity index (χ1v) is 8.14. The van der Waals surface area contributed by atoms with Crippen LogP contribution in [0.4, 0.5) is 8.78 Å². The molecule has 0 aliphatic carbocycles. The van der Waals surface area contributed by atoms with E-state index in [1.807, 2.05) is 12.1 Å². The molecule has 1 heterocycles. The van der Waals surface area contributed by atoms with Crippen LogP contribution in [-0.2, 0) is 4.74 Å². The molecule has 26 heavy (non-hydrogen) atoms. The number of para-hydroxylation sites is 1. The molecule has 1 atom stereocenters. The fourth-order valence-electron chi connectivity index (χ4n) is 2.75. The number of ether oxygens (including phenoxy) is 1. The Morgan fingerprint density at radius 2 is 1.81 bits per heavy atom. The van der Waals surface area contributed by atoms with E-state index in [9.17, 15) is 18.4 Å². The van der Waals surface area contributed by atoms with E-state index in [4.69, 9.17) is 16.3 Å². The van der Waals surface area contributed by atoms with Crippen LogP contribution in [0.25, 0.3) is 10.9 Å². The van der Waals surface area contributed by atoms with E-state index in [0.717, 1.165) is 5.52 Å². The van der Waals surface area contributed by atoms with Gasteiger partial charge in [0.2, 0.25) is 5.78 Å². The number of benzene rings is 2. The number of rotatable bonds is 4. The molecule has 0 saturated carbocycles. The van der Waals surface area contributed by atoms with Crippen LogP contribution in [0.1, 0.15) is 33.3 Å². The van der Waals surface area contributed by atoms with Gasteiger partial charge in [-0.1, -0.05) is 29.8 Å². The maximum atomic E-state index is 13.4. The molecule has 3 rings (SSSR count). The fourth-order valence-corrected chi connectivity index (χ4v) is 2.98. The predicted octanol–water partition coefficient (Wildman–Crippen LogP) is 4.84. The summed E-state index contributed by atoms with van der Waals surface area (Å²) in [4.78, 5) is 28.1. The van der Waals surface area contributed by atoms with Crippen LogP contribution in [-0.4, -0.2) is 22.8 Å². The molecule has 0 aliphatic rings. The summed E-state index contributed by atoms with van der Waals surface area (Å²) in [5, 5.41) is 0.417. The highest BCUT2D eigenvalue weighted by atomic mass is 35.5. The first-order chi connectivity index (χ1) is 12.3. The highest BCUT2D eigenvalue weighted by Crippen LogP contribution is 2.25. The Bertz CT molecular complexity index is 1030. The first-order valence-electron chi connectivity index (χ1n) is 7.76. The number of carbonyl (C=O) groups is 2. The number of aryl methyl sites for hydroxylation is 1. The molecule has 3 aromatic rings. The average Bonchev–Trinajstić information content (AvgIpc) is 2.92. The summed E-state index contributed by atoms with van der Waals surface area (Å²) >= 11 is 5.76. The van der Waals surface area contributed by atoms with Gasteiger partial charge < -0.3 is 9.72 Å². The molecule has 0 radical (unpaired) electrons. The molecule has 0 aliphatic heterocycles. The van der Waals surface area contributed by atoms with Crippen LogP contribution < -0.4 is 0 Å². The summed E-state index contributed by atoms with van der Waals surface area (Å²) in [7, 11) is 0. The molecule has 0 unspecified atom stereocenters. The van der Waals surface area contributed by atoms with Gasteiger partial charge in [0.1, 0.15) is 0 Å². The second-order valence-electron chi connectivity index (χ2n) is 5.83. The number of hydrogen-bond donors (Lipinski definition) is 1. The van der Waals surface area contributed by atoms with Gasteiger partial charge in [0.25, 0.3) is 0 Å². The van der Waals surface area contributed by atoms with Crippen molar-refractivity contribution in [2.24, 2.45) is 0 Å². The van der Waals surface area contributed by atoms with Crippen molar-refractivity contribution in [2.45, 2.75) is 20.0 Å². The van der Waals surface area contributed by atoms with Crippen molar-refractivity contribution >= 4 is 34.3 Å². The minimum absolute atomic E-state index is 0.295. The summed E-state index contributed by atoms with van der Waals surface area (Å²) in [6, 6.07) is 8.58. The number of ketones is 1. The lowest BCUT2D eigenvalue weighted by Gasteiger charge is -2.13. The van der Waals surface area contributed by atoms with Gasteiger partial charge in [-0.15, -0.1) is 0 Å². The third-order valence-electron chi connectivity index (χ3n) is 4.02. The molecule has 0 fully saturated rings. The third-order valence-corrected chi connectivity index (χ3v) is 4.34. The van der Waals surface area contributed by atoms with Gasteiger partial charge in [-0.3, -0.25) is 4.79 Å². The molecule has 0 bridgehead atoms. The van der Waals surface area contributed by atoms with E-state index in [2.05, 4.69) is 4.98 Å². The topological polar surface area (TPSA) is 59.2 Å². The molecule has 7 heteroatoms. The number of hydrogen-bond acceptors (Lipinski definition) is 3. The quantitative estimate of drug-likeness (QED) is 0.402. The molecule has 0 amide bonds. The second kappa shape index (κ2) is 6.88. The SMILES string of the molecule is Cc1[nH]c2ccccc2c1C(=O)[C@H](C)OC(=O)c1cc(F)c(F)cc1Cl. The van der Waals surface area contributed by atoms with Crippen molar-refractivity contribution < 1.29 is 23.1 Å². The number of Topliss-reactive ketones (excluding diaryl/α,β-unsaturated/α-hetero) is 1. The lowest BCUT2D eigenvalue weighted by molar-refractivity contribution is 0.0318. The van der Waals surface area contributed by atoms with E-state index < -0.39 is 29.5 Å². The number of nitrogens with one attached hydrogen (secondary N) is 1. The highest BCUT2D eigenvalue weighted by Gasteiger charge is 2.26. The summed E-state index contributed by atoms with van der Waals surface area (Å²) in [5.74, 6) is -3.82. The summed E-state index contributed by atoms with van der Waals surface area (Å²) in [6.45, 7) is 3.16. The Morgan fingerprint density at radius 3 is 2.54 bits per heavy atom. The monoisotopic (exact) mass is 377 g/mol. The Balaban J connectivity index is 1.86. The number of carbonyl (C=O) groups excluding carboxylic acids is 2. The number of fused-ring (bicyclic) bond motifs is 1. The minimum Gasteiger partial charge on any atom is -0.451 e. The molecular weight excluding hydrogens is 364 g/mol. The maximum absolute atomic E-state index is 13.4.